The first kappa shape index (κ1) is 18.9. The topological polar surface area (TPSA) is 111 Å². The van der Waals surface area contributed by atoms with E-state index >= 15 is 0 Å². The lowest BCUT2D eigenvalue weighted by atomic mass is 10.1. The number of amides is 1. The molecule has 0 aliphatic rings. The molecule has 3 N–H and O–H groups in total. The van der Waals surface area contributed by atoms with Crippen molar-refractivity contribution in [2.24, 2.45) is 5.14 Å². The summed E-state index contributed by atoms with van der Waals surface area (Å²) in [6.07, 6.45) is 0.788. The summed E-state index contributed by atoms with van der Waals surface area (Å²) in [6.45, 7) is 2.58. The van der Waals surface area contributed by atoms with Crippen molar-refractivity contribution in [2.45, 2.75) is 31.2 Å². The quantitative estimate of drug-likeness (QED) is 0.748. The van der Waals surface area contributed by atoms with Gasteiger partial charge in [0, 0.05) is 31.3 Å². The van der Waals surface area contributed by atoms with Gasteiger partial charge in [-0.2, -0.15) is 0 Å². The number of nitrogens with two attached hydrogens (primary N) is 1. The molecule has 1 heterocycles. The fourth-order valence-corrected chi connectivity index (χ4v) is 2.92. The van der Waals surface area contributed by atoms with Crippen molar-refractivity contribution < 1.29 is 13.2 Å². The second kappa shape index (κ2) is 8.09. The molecule has 0 saturated carbocycles. The van der Waals surface area contributed by atoms with Crippen molar-refractivity contribution in [3.05, 3.63) is 64.1 Å². The summed E-state index contributed by atoms with van der Waals surface area (Å²) in [5, 5.41) is 7.83. The zero-order valence-corrected chi connectivity index (χ0v) is 14.8. The second-order valence-electron chi connectivity index (χ2n) is 5.70. The first-order chi connectivity index (χ1) is 11.8. The summed E-state index contributed by atoms with van der Waals surface area (Å²) >= 11 is 0. The SMILES string of the molecule is Cc1cccc(=O)n1CCC(=O)NCCc1ccc(S(N)(=O)=O)cc1. The third-order valence-corrected chi connectivity index (χ3v) is 4.75. The van der Waals surface area contributed by atoms with E-state index < -0.39 is 10.0 Å². The summed E-state index contributed by atoms with van der Waals surface area (Å²) in [6, 6.07) is 11.2. The van der Waals surface area contributed by atoms with Crippen LogP contribution in [0.25, 0.3) is 0 Å². The molecular formula is C17H21N3O4S. The van der Waals surface area contributed by atoms with Gasteiger partial charge in [-0.05, 0) is 37.1 Å². The fraction of sp³-hybridized carbons (Fsp3) is 0.294. The summed E-state index contributed by atoms with van der Waals surface area (Å²) in [4.78, 5) is 23.7. The van der Waals surface area contributed by atoms with Crippen LogP contribution < -0.4 is 16.0 Å². The molecule has 7 nitrogen and oxygen atoms in total. The Hall–Kier alpha value is -2.45. The summed E-state index contributed by atoms with van der Waals surface area (Å²) < 4.78 is 23.9. The standard InChI is InChI=1S/C17H21N3O4S/c1-13-3-2-4-17(22)20(13)12-10-16(21)19-11-9-14-5-7-15(8-6-14)25(18,23)24/h2-8H,9-12H2,1H3,(H,19,21)(H2,18,23,24). The molecule has 1 amide bonds. The maximum atomic E-state index is 11.9. The van der Waals surface area contributed by atoms with Gasteiger partial charge in [0.05, 0.1) is 4.90 Å². The normalized spacial score (nSPS) is 11.3. The molecule has 0 spiro atoms. The van der Waals surface area contributed by atoms with Crippen molar-refractivity contribution >= 4 is 15.9 Å². The number of aromatic nitrogens is 1. The smallest absolute Gasteiger partial charge is 0.250 e. The summed E-state index contributed by atoms with van der Waals surface area (Å²) in [7, 11) is -3.69. The summed E-state index contributed by atoms with van der Waals surface area (Å²) in [5.74, 6) is -0.142. The highest BCUT2D eigenvalue weighted by Crippen LogP contribution is 2.08. The fourth-order valence-electron chi connectivity index (χ4n) is 2.40. The molecule has 0 radical (unpaired) electrons. The van der Waals surface area contributed by atoms with Gasteiger partial charge >= 0.3 is 0 Å². The molecule has 0 saturated heterocycles. The monoisotopic (exact) mass is 363 g/mol. The van der Waals surface area contributed by atoms with E-state index in [-0.39, 0.29) is 22.8 Å². The van der Waals surface area contributed by atoms with E-state index in [2.05, 4.69) is 5.32 Å². The number of benzene rings is 1. The van der Waals surface area contributed by atoms with Gasteiger partial charge in [0.25, 0.3) is 5.56 Å². The van der Waals surface area contributed by atoms with Gasteiger partial charge in [-0.15, -0.1) is 0 Å². The largest absolute Gasteiger partial charge is 0.356 e. The molecule has 1 aromatic carbocycles. The Bertz CT molecular complexity index is 902. The number of nitrogens with zero attached hydrogens (tertiary/aromatic N) is 1. The van der Waals surface area contributed by atoms with Crippen molar-refractivity contribution in [3.63, 3.8) is 0 Å². The number of rotatable bonds is 7. The number of hydrogen-bond acceptors (Lipinski definition) is 4. The minimum atomic E-state index is -3.69. The molecule has 134 valence electrons. The van der Waals surface area contributed by atoms with Crippen LogP contribution in [0.15, 0.2) is 52.2 Å². The van der Waals surface area contributed by atoms with Crippen LogP contribution in [-0.2, 0) is 27.8 Å². The van der Waals surface area contributed by atoms with Crippen LogP contribution in [0.4, 0.5) is 0 Å². The highest BCUT2D eigenvalue weighted by atomic mass is 32.2. The number of hydrogen-bond donors (Lipinski definition) is 2. The number of pyridine rings is 1. The maximum Gasteiger partial charge on any atom is 0.250 e. The number of aryl methyl sites for hydroxylation is 1. The van der Waals surface area contributed by atoms with Crippen LogP contribution in [0.3, 0.4) is 0 Å². The van der Waals surface area contributed by atoms with E-state index in [1.165, 1.54) is 18.2 Å². The molecule has 8 heteroatoms. The minimum Gasteiger partial charge on any atom is -0.356 e. The Balaban J connectivity index is 1.80. The molecule has 2 aromatic rings. The average Bonchev–Trinajstić information content (AvgIpc) is 2.54. The van der Waals surface area contributed by atoms with E-state index in [0.717, 1.165) is 11.3 Å². The molecular weight excluding hydrogens is 342 g/mol. The van der Waals surface area contributed by atoms with E-state index in [1.54, 1.807) is 22.8 Å². The minimum absolute atomic E-state index is 0.0592. The Morgan fingerprint density at radius 1 is 1.16 bits per heavy atom. The lowest BCUT2D eigenvalue weighted by molar-refractivity contribution is -0.121. The zero-order valence-electron chi connectivity index (χ0n) is 13.9. The van der Waals surface area contributed by atoms with Crippen LogP contribution in [-0.4, -0.2) is 25.4 Å². The number of carbonyl (C=O) groups is 1. The van der Waals surface area contributed by atoms with Gasteiger partial charge in [-0.25, -0.2) is 13.6 Å². The van der Waals surface area contributed by atoms with Crippen molar-refractivity contribution in [1.29, 1.82) is 0 Å². The zero-order chi connectivity index (χ0) is 18.4. The Morgan fingerprint density at radius 3 is 2.44 bits per heavy atom. The van der Waals surface area contributed by atoms with E-state index in [1.807, 2.05) is 13.0 Å². The molecule has 2 rings (SSSR count). The van der Waals surface area contributed by atoms with E-state index in [9.17, 15) is 18.0 Å². The first-order valence-corrected chi connectivity index (χ1v) is 9.37. The van der Waals surface area contributed by atoms with E-state index in [4.69, 9.17) is 5.14 Å². The van der Waals surface area contributed by atoms with E-state index in [0.29, 0.717) is 19.5 Å². The molecule has 25 heavy (non-hydrogen) atoms. The average molecular weight is 363 g/mol. The van der Waals surface area contributed by atoms with Gasteiger partial charge in [0.1, 0.15) is 0 Å². The van der Waals surface area contributed by atoms with Crippen molar-refractivity contribution in [3.8, 4) is 0 Å². The van der Waals surface area contributed by atoms with Gasteiger partial charge in [-0.3, -0.25) is 9.59 Å². The van der Waals surface area contributed by atoms with Gasteiger partial charge in [-0.1, -0.05) is 18.2 Å². The third kappa shape index (κ3) is 5.54. The van der Waals surface area contributed by atoms with Gasteiger partial charge in [0.15, 0.2) is 0 Å². The van der Waals surface area contributed by atoms with Gasteiger partial charge in [0.2, 0.25) is 15.9 Å². The predicted octanol–water partition coefficient (Wildman–Crippen LogP) is 0.553. The Labute approximate surface area is 146 Å². The summed E-state index contributed by atoms with van der Waals surface area (Å²) in [5.41, 5.74) is 1.58. The number of primary sulfonamides is 1. The van der Waals surface area contributed by atoms with Crippen LogP contribution in [0.1, 0.15) is 17.7 Å². The lowest BCUT2D eigenvalue weighted by Gasteiger charge is -2.10. The first-order valence-electron chi connectivity index (χ1n) is 7.82. The Kier molecular flexibility index (Phi) is 6.11. The number of nitrogens with one attached hydrogen (secondary N) is 1. The number of carbonyl (C=O) groups excluding carboxylic acids is 1. The van der Waals surface area contributed by atoms with Crippen LogP contribution in [0.2, 0.25) is 0 Å². The maximum absolute atomic E-state index is 11.9. The highest BCUT2D eigenvalue weighted by molar-refractivity contribution is 7.89. The molecule has 0 aliphatic carbocycles. The molecule has 0 fully saturated rings. The Morgan fingerprint density at radius 2 is 1.84 bits per heavy atom. The second-order valence-corrected chi connectivity index (χ2v) is 7.26. The van der Waals surface area contributed by atoms with Crippen LogP contribution in [0, 0.1) is 6.92 Å². The van der Waals surface area contributed by atoms with Gasteiger partial charge < -0.3 is 9.88 Å². The molecule has 0 aliphatic heterocycles. The highest BCUT2D eigenvalue weighted by Gasteiger charge is 2.07. The molecule has 0 unspecified atom stereocenters. The molecule has 1 aromatic heterocycles. The number of sulfonamides is 1. The van der Waals surface area contributed by atoms with Crippen molar-refractivity contribution in [2.75, 3.05) is 6.54 Å². The van der Waals surface area contributed by atoms with Crippen LogP contribution in [0.5, 0.6) is 0 Å². The third-order valence-electron chi connectivity index (χ3n) is 3.82. The predicted molar refractivity (Wildman–Crippen MR) is 94.6 cm³/mol. The lowest BCUT2D eigenvalue weighted by Crippen LogP contribution is -2.29. The van der Waals surface area contributed by atoms with Crippen LogP contribution >= 0.6 is 0 Å². The molecule has 0 bridgehead atoms. The molecule has 0 atom stereocenters. The van der Waals surface area contributed by atoms with Crippen molar-refractivity contribution in [1.82, 2.24) is 9.88 Å².